The average molecular weight is 1000 g/mol. The van der Waals surface area contributed by atoms with Gasteiger partial charge < -0.3 is 14.2 Å². The zero-order chi connectivity index (χ0) is 52.2. The van der Waals surface area contributed by atoms with Crippen LogP contribution in [0.25, 0.3) is 0 Å². The normalized spacial score (nSPS) is 12.9. The Balaban J connectivity index is 4.25. The van der Waals surface area contributed by atoms with Gasteiger partial charge in [-0.25, -0.2) is 0 Å². The number of unbranched alkanes of at least 4 members (excludes halogenated alkanes) is 24. The number of ether oxygens (including phenoxy) is 3. The first-order valence-electron chi connectivity index (χ1n) is 29.9. The van der Waals surface area contributed by atoms with E-state index in [2.05, 4.69) is 130 Å². The molecule has 0 aromatic rings. The van der Waals surface area contributed by atoms with E-state index in [0.717, 1.165) is 128 Å². The van der Waals surface area contributed by atoms with Crippen LogP contribution in [-0.4, -0.2) is 37.2 Å². The number of rotatable bonds is 53. The summed E-state index contributed by atoms with van der Waals surface area (Å²) < 4.78 is 16.8. The Morgan fingerprint density at radius 1 is 0.292 bits per heavy atom. The molecule has 6 heteroatoms. The van der Waals surface area contributed by atoms with E-state index >= 15 is 0 Å². The van der Waals surface area contributed by atoms with E-state index in [0.29, 0.717) is 19.3 Å². The van der Waals surface area contributed by atoms with E-state index in [9.17, 15) is 14.4 Å². The van der Waals surface area contributed by atoms with Gasteiger partial charge in [-0.3, -0.25) is 14.4 Å². The first-order chi connectivity index (χ1) is 35.5. The van der Waals surface area contributed by atoms with Gasteiger partial charge in [-0.2, -0.15) is 0 Å². The lowest BCUT2D eigenvalue weighted by Gasteiger charge is -2.18. The van der Waals surface area contributed by atoms with Crippen molar-refractivity contribution in [1.29, 1.82) is 0 Å². The molecule has 0 rings (SSSR count). The van der Waals surface area contributed by atoms with E-state index in [1.54, 1.807) is 0 Å². The zero-order valence-electron chi connectivity index (χ0n) is 46.9. The highest BCUT2D eigenvalue weighted by Gasteiger charge is 2.19. The van der Waals surface area contributed by atoms with E-state index in [1.165, 1.54) is 103 Å². The SMILES string of the molecule is CC/C=C\C/C=C\C/C=C\C/C=C\C/C=C\C/C=C\CCCCCCCCCCCCC(=O)OCC(COC(=O)CCCCCCC/C=C\CCCC)OC(=O)CCCCCCC/C=C\C/C=C\CCCC. The predicted molar refractivity (Wildman–Crippen MR) is 311 cm³/mol. The minimum absolute atomic E-state index is 0.0891. The largest absolute Gasteiger partial charge is 0.462 e. The van der Waals surface area contributed by atoms with Gasteiger partial charge in [-0.05, 0) is 116 Å². The highest BCUT2D eigenvalue weighted by molar-refractivity contribution is 5.71. The molecule has 72 heavy (non-hydrogen) atoms. The minimum Gasteiger partial charge on any atom is -0.462 e. The van der Waals surface area contributed by atoms with Crippen molar-refractivity contribution >= 4 is 17.9 Å². The van der Waals surface area contributed by atoms with Crippen LogP contribution in [0, 0.1) is 0 Å². The average Bonchev–Trinajstić information content (AvgIpc) is 3.38. The van der Waals surface area contributed by atoms with Gasteiger partial charge in [-0.1, -0.05) is 246 Å². The molecule has 0 amide bonds. The third-order valence-corrected chi connectivity index (χ3v) is 12.5. The van der Waals surface area contributed by atoms with Crippen molar-refractivity contribution in [3.63, 3.8) is 0 Å². The molecule has 1 unspecified atom stereocenters. The Bertz CT molecular complexity index is 1470. The minimum atomic E-state index is -0.791. The van der Waals surface area contributed by atoms with Crippen molar-refractivity contribution in [1.82, 2.24) is 0 Å². The predicted octanol–water partition coefficient (Wildman–Crippen LogP) is 20.3. The molecule has 0 aliphatic carbocycles. The standard InChI is InChI=1S/C66H110O6/c1-4-7-10-13-16-19-22-24-26-27-28-29-30-31-32-33-34-35-36-37-38-39-40-42-44-47-50-53-56-59-65(68)71-62-63(61-70-64(67)58-55-52-49-46-43-21-18-15-12-9-6-3)72-66(69)60-57-54-51-48-45-41-25-23-20-17-14-11-8-5-2/h7,10,14-19,23-26,28-29,31-32,34-35,63H,4-6,8-9,11-13,20-22,27,30,33,36-62H2,1-3H3/b10-7-,17-14-,18-15-,19-16-,25-23-,26-24-,29-28-,32-31-,35-34-. The summed E-state index contributed by atoms with van der Waals surface area (Å²) in [5.41, 5.74) is 0. The van der Waals surface area contributed by atoms with Crippen molar-refractivity contribution in [3.8, 4) is 0 Å². The van der Waals surface area contributed by atoms with Gasteiger partial charge in [0.2, 0.25) is 0 Å². The molecule has 0 aliphatic heterocycles. The lowest BCUT2D eigenvalue weighted by molar-refractivity contribution is -0.167. The van der Waals surface area contributed by atoms with E-state index in [1.807, 2.05) is 0 Å². The molecule has 6 nitrogen and oxygen atoms in total. The smallest absolute Gasteiger partial charge is 0.306 e. The number of hydrogen-bond donors (Lipinski definition) is 0. The summed E-state index contributed by atoms with van der Waals surface area (Å²) in [5, 5.41) is 0. The molecule has 0 aromatic carbocycles. The van der Waals surface area contributed by atoms with Crippen LogP contribution in [0.3, 0.4) is 0 Å². The van der Waals surface area contributed by atoms with Crippen molar-refractivity contribution in [3.05, 3.63) is 109 Å². The molecule has 0 fully saturated rings. The van der Waals surface area contributed by atoms with Gasteiger partial charge in [0.05, 0.1) is 0 Å². The molecule has 410 valence electrons. The molecular formula is C66H110O6. The second-order valence-corrected chi connectivity index (χ2v) is 19.5. The van der Waals surface area contributed by atoms with Crippen LogP contribution in [0.15, 0.2) is 109 Å². The summed E-state index contributed by atoms with van der Waals surface area (Å²) in [7, 11) is 0. The molecule has 0 aliphatic rings. The number of carbonyl (C=O) groups excluding carboxylic acids is 3. The fourth-order valence-electron chi connectivity index (χ4n) is 7.97. The zero-order valence-corrected chi connectivity index (χ0v) is 46.9. The second-order valence-electron chi connectivity index (χ2n) is 19.5. The molecule has 0 saturated heterocycles. The lowest BCUT2D eigenvalue weighted by atomic mass is 10.1. The molecular weight excluding hydrogens is 889 g/mol. The van der Waals surface area contributed by atoms with Crippen LogP contribution in [0.5, 0.6) is 0 Å². The lowest BCUT2D eigenvalue weighted by Crippen LogP contribution is -2.30. The Kier molecular flexibility index (Phi) is 56.4. The summed E-state index contributed by atoms with van der Waals surface area (Å²) >= 11 is 0. The molecule has 1 atom stereocenters. The summed E-state index contributed by atoms with van der Waals surface area (Å²) in [6, 6.07) is 0. The molecule has 0 heterocycles. The van der Waals surface area contributed by atoms with Gasteiger partial charge in [-0.15, -0.1) is 0 Å². The van der Waals surface area contributed by atoms with Crippen LogP contribution in [0.4, 0.5) is 0 Å². The van der Waals surface area contributed by atoms with Crippen molar-refractivity contribution < 1.29 is 28.6 Å². The fourth-order valence-corrected chi connectivity index (χ4v) is 7.97. The Morgan fingerprint density at radius 3 is 0.861 bits per heavy atom. The topological polar surface area (TPSA) is 78.9 Å². The maximum Gasteiger partial charge on any atom is 0.306 e. The van der Waals surface area contributed by atoms with Gasteiger partial charge >= 0.3 is 17.9 Å². The maximum absolute atomic E-state index is 12.8. The quantitative estimate of drug-likeness (QED) is 0.0261. The third-order valence-electron chi connectivity index (χ3n) is 12.5. The number of esters is 3. The van der Waals surface area contributed by atoms with E-state index in [4.69, 9.17) is 14.2 Å². The highest BCUT2D eigenvalue weighted by atomic mass is 16.6. The van der Waals surface area contributed by atoms with E-state index < -0.39 is 6.10 Å². The number of hydrogen-bond acceptors (Lipinski definition) is 6. The van der Waals surface area contributed by atoms with Crippen LogP contribution in [0.2, 0.25) is 0 Å². The van der Waals surface area contributed by atoms with Crippen molar-refractivity contribution in [2.45, 2.75) is 277 Å². The van der Waals surface area contributed by atoms with Gasteiger partial charge in [0.25, 0.3) is 0 Å². The third kappa shape index (κ3) is 57.0. The first-order valence-corrected chi connectivity index (χ1v) is 29.9. The molecule has 0 N–H and O–H groups in total. The molecule has 0 saturated carbocycles. The van der Waals surface area contributed by atoms with Crippen molar-refractivity contribution in [2.75, 3.05) is 13.2 Å². The van der Waals surface area contributed by atoms with Crippen LogP contribution < -0.4 is 0 Å². The van der Waals surface area contributed by atoms with Crippen molar-refractivity contribution in [2.24, 2.45) is 0 Å². The highest BCUT2D eigenvalue weighted by Crippen LogP contribution is 2.15. The number of carbonyl (C=O) groups is 3. The fraction of sp³-hybridized carbons (Fsp3) is 0.682. The molecule has 0 radical (unpaired) electrons. The summed E-state index contributed by atoms with van der Waals surface area (Å²) in [6.45, 7) is 6.43. The molecule has 0 bridgehead atoms. The van der Waals surface area contributed by atoms with Crippen LogP contribution in [-0.2, 0) is 28.6 Å². The summed E-state index contributed by atoms with van der Waals surface area (Å²) in [6.07, 6.45) is 80.9. The van der Waals surface area contributed by atoms with E-state index in [-0.39, 0.29) is 31.1 Å². The second kappa shape index (κ2) is 59.6. The summed E-state index contributed by atoms with van der Waals surface area (Å²) in [5.74, 6) is -0.916. The Hall–Kier alpha value is -3.93. The van der Waals surface area contributed by atoms with Gasteiger partial charge in [0.1, 0.15) is 13.2 Å². The molecule has 0 spiro atoms. The Morgan fingerprint density at radius 2 is 0.542 bits per heavy atom. The Labute approximate surface area is 444 Å². The number of allylic oxidation sites excluding steroid dienone is 18. The van der Waals surface area contributed by atoms with Crippen LogP contribution >= 0.6 is 0 Å². The maximum atomic E-state index is 12.8. The van der Waals surface area contributed by atoms with Crippen LogP contribution in [0.1, 0.15) is 271 Å². The molecule has 0 aromatic heterocycles. The first kappa shape index (κ1) is 68.1. The van der Waals surface area contributed by atoms with Gasteiger partial charge in [0.15, 0.2) is 6.10 Å². The van der Waals surface area contributed by atoms with Gasteiger partial charge in [0, 0.05) is 19.3 Å². The monoisotopic (exact) mass is 999 g/mol. The summed E-state index contributed by atoms with van der Waals surface area (Å²) in [4.78, 5) is 38.1.